The molecular formula is C16H13N3. The van der Waals surface area contributed by atoms with Crippen molar-refractivity contribution in [3.8, 4) is 17.2 Å². The van der Waals surface area contributed by atoms with Crippen molar-refractivity contribution in [2.24, 2.45) is 0 Å². The van der Waals surface area contributed by atoms with Crippen LogP contribution in [0.3, 0.4) is 0 Å². The Balaban J connectivity index is 2.15. The molecule has 0 aliphatic heterocycles. The standard InChI is InChI=1S/C16H13N3/c1-12-3-2-4-13(9-12)14-6-8-19-16(10-14)15(5-7-17)11-18-19/h2-4,6,8-11H,5H2,1H3. The van der Waals surface area contributed by atoms with E-state index in [2.05, 4.69) is 48.4 Å². The van der Waals surface area contributed by atoms with Gasteiger partial charge in [-0.1, -0.05) is 29.8 Å². The van der Waals surface area contributed by atoms with Gasteiger partial charge < -0.3 is 0 Å². The molecule has 0 atom stereocenters. The first-order valence-electron chi connectivity index (χ1n) is 6.18. The Bertz CT molecular complexity index is 778. The van der Waals surface area contributed by atoms with Gasteiger partial charge in [0.05, 0.1) is 24.2 Å². The van der Waals surface area contributed by atoms with Gasteiger partial charge in [0, 0.05) is 11.8 Å². The fraction of sp³-hybridized carbons (Fsp3) is 0.125. The summed E-state index contributed by atoms with van der Waals surface area (Å²) in [6, 6.07) is 14.7. The van der Waals surface area contributed by atoms with E-state index in [4.69, 9.17) is 5.26 Å². The average Bonchev–Trinajstić information content (AvgIpc) is 2.82. The van der Waals surface area contributed by atoms with Crippen LogP contribution in [0.1, 0.15) is 11.1 Å². The molecule has 0 amide bonds. The third kappa shape index (κ3) is 2.09. The highest BCUT2D eigenvalue weighted by atomic mass is 15.2. The van der Waals surface area contributed by atoms with Crippen LogP contribution in [0.5, 0.6) is 0 Å². The largest absolute Gasteiger partial charge is 0.241 e. The average molecular weight is 247 g/mol. The molecule has 0 saturated heterocycles. The van der Waals surface area contributed by atoms with Gasteiger partial charge in [0.1, 0.15) is 0 Å². The molecule has 0 N–H and O–H groups in total. The van der Waals surface area contributed by atoms with Crippen molar-refractivity contribution in [2.45, 2.75) is 13.3 Å². The summed E-state index contributed by atoms with van der Waals surface area (Å²) in [5.74, 6) is 0. The molecule has 2 heterocycles. The second-order valence-electron chi connectivity index (χ2n) is 4.62. The van der Waals surface area contributed by atoms with Crippen molar-refractivity contribution < 1.29 is 0 Å². The van der Waals surface area contributed by atoms with Gasteiger partial charge in [0.15, 0.2) is 0 Å². The second kappa shape index (κ2) is 4.58. The molecule has 3 nitrogen and oxygen atoms in total. The predicted octanol–water partition coefficient (Wildman–Crippen LogP) is 3.38. The molecule has 0 unspecified atom stereocenters. The van der Waals surface area contributed by atoms with Gasteiger partial charge in [0.25, 0.3) is 0 Å². The molecule has 0 bridgehead atoms. The lowest BCUT2D eigenvalue weighted by molar-refractivity contribution is 0.962. The molecule has 0 spiro atoms. The fourth-order valence-electron chi connectivity index (χ4n) is 2.26. The number of hydrogen-bond donors (Lipinski definition) is 0. The van der Waals surface area contributed by atoms with E-state index in [0.717, 1.165) is 16.6 Å². The number of fused-ring (bicyclic) bond motifs is 1. The van der Waals surface area contributed by atoms with Crippen LogP contribution >= 0.6 is 0 Å². The van der Waals surface area contributed by atoms with Crippen LogP contribution in [0.15, 0.2) is 48.8 Å². The molecule has 2 aromatic heterocycles. The van der Waals surface area contributed by atoms with E-state index in [-0.39, 0.29) is 0 Å². The molecule has 0 aliphatic rings. The summed E-state index contributed by atoms with van der Waals surface area (Å²) in [5.41, 5.74) is 5.54. The Morgan fingerprint density at radius 2 is 2.05 bits per heavy atom. The van der Waals surface area contributed by atoms with Crippen LogP contribution in [0, 0.1) is 18.3 Å². The fourth-order valence-corrected chi connectivity index (χ4v) is 2.26. The topological polar surface area (TPSA) is 41.1 Å². The lowest BCUT2D eigenvalue weighted by Crippen LogP contribution is -1.88. The van der Waals surface area contributed by atoms with Crippen LogP contribution < -0.4 is 0 Å². The van der Waals surface area contributed by atoms with Gasteiger partial charge in [0.2, 0.25) is 0 Å². The van der Waals surface area contributed by atoms with Crippen LogP contribution in [0.2, 0.25) is 0 Å². The number of aromatic nitrogens is 2. The first kappa shape index (κ1) is 11.5. The molecule has 3 heteroatoms. The van der Waals surface area contributed by atoms with Gasteiger partial charge in [-0.2, -0.15) is 10.4 Å². The molecular weight excluding hydrogens is 234 g/mol. The van der Waals surface area contributed by atoms with Crippen molar-refractivity contribution in [3.05, 3.63) is 59.9 Å². The molecule has 3 aromatic rings. The Hall–Kier alpha value is -2.60. The minimum absolute atomic E-state index is 0.390. The summed E-state index contributed by atoms with van der Waals surface area (Å²) in [6.45, 7) is 2.09. The molecule has 0 aliphatic carbocycles. The highest BCUT2D eigenvalue weighted by Gasteiger charge is 2.05. The Kier molecular flexibility index (Phi) is 2.77. The van der Waals surface area contributed by atoms with E-state index in [1.165, 1.54) is 11.1 Å². The minimum Gasteiger partial charge on any atom is -0.241 e. The molecule has 3 rings (SSSR count). The number of benzene rings is 1. The van der Waals surface area contributed by atoms with Gasteiger partial charge in [-0.3, -0.25) is 0 Å². The van der Waals surface area contributed by atoms with E-state index < -0.39 is 0 Å². The summed E-state index contributed by atoms with van der Waals surface area (Å²) in [5, 5.41) is 13.1. The number of nitriles is 1. The summed E-state index contributed by atoms with van der Waals surface area (Å²) >= 11 is 0. The summed E-state index contributed by atoms with van der Waals surface area (Å²) in [6.07, 6.45) is 4.09. The van der Waals surface area contributed by atoms with Crippen LogP contribution in [0.4, 0.5) is 0 Å². The SMILES string of the molecule is Cc1cccc(-c2ccn3ncc(CC#N)c3c2)c1. The normalized spacial score (nSPS) is 10.5. The first-order chi connectivity index (χ1) is 9.28. The maximum absolute atomic E-state index is 8.83. The van der Waals surface area contributed by atoms with E-state index in [1.807, 2.05) is 16.8 Å². The number of rotatable bonds is 2. The van der Waals surface area contributed by atoms with Crippen LogP contribution in [0.25, 0.3) is 16.6 Å². The monoisotopic (exact) mass is 247 g/mol. The zero-order chi connectivity index (χ0) is 13.2. The molecule has 1 aromatic carbocycles. The lowest BCUT2D eigenvalue weighted by Gasteiger charge is -2.04. The molecule has 19 heavy (non-hydrogen) atoms. The third-order valence-electron chi connectivity index (χ3n) is 3.22. The Labute approximate surface area is 111 Å². The van der Waals surface area contributed by atoms with E-state index >= 15 is 0 Å². The maximum Gasteiger partial charge on any atom is 0.0710 e. The number of nitrogens with zero attached hydrogens (tertiary/aromatic N) is 3. The summed E-state index contributed by atoms with van der Waals surface area (Å²) < 4.78 is 1.81. The van der Waals surface area contributed by atoms with Crippen LogP contribution in [-0.2, 0) is 6.42 Å². The van der Waals surface area contributed by atoms with Gasteiger partial charge in [-0.25, -0.2) is 4.52 Å². The Morgan fingerprint density at radius 3 is 2.84 bits per heavy atom. The molecule has 0 saturated carbocycles. The minimum atomic E-state index is 0.390. The first-order valence-corrected chi connectivity index (χ1v) is 6.18. The zero-order valence-electron chi connectivity index (χ0n) is 10.7. The quantitative estimate of drug-likeness (QED) is 0.696. The van der Waals surface area contributed by atoms with E-state index in [1.54, 1.807) is 6.20 Å². The number of aryl methyl sites for hydroxylation is 1. The van der Waals surface area contributed by atoms with Gasteiger partial charge >= 0.3 is 0 Å². The van der Waals surface area contributed by atoms with Crippen molar-refractivity contribution >= 4 is 5.52 Å². The Morgan fingerprint density at radius 1 is 1.21 bits per heavy atom. The van der Waals surface area contributed by atoms with Crippen molar-refractivity contribution in [3.63, 3.8) is 0 Å². The number of pyridine rings is 1. The van der Waals surface area contributed by atoms with Gasteiger partial charge in [-0.15, -0.1) is 0 Å². The predicted molar refractivity (Wildman–Crippen MR) is 74.7 cm³/mol. The smallest absolute Gasteiger partial charge is 0.0710 e. The molecule has 0 fully saturated rings. The van der Waals surface area contributed by atoms with Crippen molar-refractivity contribution in [2.75, 3.05) is 0 Å². The zero-order valence-corrected chi connectivity index (χ0v) is 10.7. The summed E-state index contributed by atoms with van der Waals surface area (Å²) in [4.78, 5) is 0. The lowest BCUT2D eigenvalue weighted by atomic mass is 10.0. The molecule has 0 radical (unpaired) electrons. The molecule has 92 valence electrons. The highest BCUT2D eigenvalue weighted by molar-refractivity contribution is 5.71. The highest BCUT2D eigenvalue weighted by Crippen LogP contribution is 2.23. The van der Waals surface area contributed by atoms with E-state index in [9.17, 15) is 0 Å². The number of hydrogen-bond acceptors (Lipinski definition) is 2. The third-order valence-corrected chi connectivity index (χ3v) is 3.22. The van der Waals surface area contributed by atoms with Crippen molar-refractivity contribution in [1.29, 1.82) is 5.26 Å². The van der Waals surface area contributed by atoms with E-state index in [0.29, 0.717) is 6.42 Å². The van der Waals surface area contributed by atoms with Crippen LogP contribution in [-0.4, -0.2) is 9.61 Å². The van der Waals surface area contributed by atoms with Crippen molar-refractivity contribution in [1.82, 2.24) is 9.61 Å². The maximum atomic E-state index is 8.83. The van der Waals surface area contributed by atoms with Gasteiger partial charge in [-0.05, 0) is 30.2 Å². The summed E-state index contributed by atoms with van der Waals surface area (Å²) in [7, 11) is 0. The second-order valence-corrected chi connectivity index (χ2v) is 4.62.